The lowest BCUT2D eigenvalue weighted by Crippen LogP contribution is -2.30. The van der Waals surface area contributed by atoms with Crippen LogP contribution in [0.1, 0.15) is 36.5 Å². The Kier molecular flexibility index (Phi) is 4.79. The van der Waals surface area contributed by atoms with Crippen LogP contribution in [0, 0.1) is 18.3 Å². The smallest absolute Gasteiger partial charge is 0.216 e. The topological polar surface area (TPSA) is 40.8 Å². The van der Waals surface area contributed by atoms with Crippen LogP contribution in [0.15, 0.2) is 77.3 Å². The van der Waals surface area contributed by atoms with Crippen LogP contribution < -0.4 is 4.57 Å². The first-order valence-electron chi connectivity index (χ1n) is 10.9. The van der Waals surface area contributed by atoms with Gasteiger partial charge in [0.2, 0.25) is 5.69 Å². The Labute approximate surface area is 188 Å². The van der Waals surface area contributed by atoms with E-state index < -0.39 is 0 Å². The monoisotopic (exact) mass is 417 g/mol. The zero-order valence-electron chi connectivity index (χ0n) is 18.8. The zero-order chi connectivity index (χ0) is 22.4. The predicted octanol–water partition coefficient (Wildman–Crippen LogP) is 7.05. The average Bonchev–Trinajstić information content (AvgIpc) is 3.17. The third-order valence-electron chi connectivity index (χ3n) is 6.28. The standard InChI is InChI=1S/C29H25N2O/c1-18(2)21-9-11-22(12-10-21)24-15-20(17-30)16-26-28(24)23-13-8-19(3)27(29(23)32-26)25-7-5-6-14-31(25)4/h5-16,18H,1-4H3/q+1. The molecule has 5 aromatic rings. The Morgan fingerprint density at radius 2 is 1.75 bits per heavy atom. The molecule has 0 saturated carbocycles. The first-order valence-corrected chi connectivity index (χ1v) is 10.9. The molecular formula is C29H25N2O+. The van der Waals surface area contributed by atoms with Crippen molar-refractivity contribution < 1.29 is 8.98 Å². The molecule has 156 valence electrons. The minimum Gasteiger partial charge on any atom is -0.455 e. The number of aromatic nitrogens is 1. The molecule has 3 heteroatoms. The molecular weight excluding hydrogens is 392 g/mol. The Morgan fingerprint density at radius 3 is 2.44 bits per heavy atom. The number of benzene rings is 3. The van der Waals surface area contributed by atoms with Gasteiger partial charge in [0.1, 0.15) is 18.2 Å². The van der Waals surface area contributed by atoms with Gasteiger partial charge in [-0.15, -0.1) is 0 Å². The van der Waals surface area contributed by atoms with Crippen LogP contribution in [0.2, 0.25) is 0 Å². The summed E-state index contributed by atoms with van der Waals surface area (Å²) in [6, 6.07) is 25.3. The average molecular weight is 418 g/mol. The molecule has 2 aromatic heterocycles. The molecule has 0 spiro atoms. The lowest BCUT2D eigenvalue weighted by atomic mass is 9.93. The third kappa shape index (κ3) is 3.16. The molecule has 0 radical (unpaired) electrons. The van der Waals surface area contributed by atoms with Gasteiger partial charge in [-0.3, -0.25) is 0 Å². The van der Waals surface area contributed by atoms with Crippen molar-refractivity contribution in [1.82, 2.24) is 0 Å². The molecule has 3 aromatic carbocycles. The molecule has 0 atom stereocenters. The first kappa shape index (κ1) is 20.0. The molecule has 0 amide bonds. The Bertz CT molecular complexity index is 1520. The molecule has 32 heavy (non-hydrogen) atoms. The van der Waals surface area contributed by atoms with Crippen LogP contribution in [0.3, 0.4) is 0 Å². The molecule has 0 N–H and O–H groups in total. The highest BCUT2D eigenvalue weighted by Crippen LogP contribution is 2.41. The highest BCUT2D eigenvalue weighted by atomic mass is 16.3. The minimum atomic E-state index is 0.474. The van der Waals surface area contributed by atoms with Gasteiger partial charge in [0.25, 0.3) is 0 Å². The maximum Gasteiger partial charge on any atom is 0.216 e. The van der Waals surface area contributed by atoms with Gasteiger partial charge in [-0.05, 0) is 53.3 Å². The first-order chi connectivity index (χ1) is 15.5. The van der Waals surface area contributed by atoms with Crippen LogP contribution in [-0.2, 0) is 7.05 Å². The minimum absolute atomic E-state index is 0.474. The van der Waals surface area contributed by atoms with Crippen LogP contribution in [0.5, 0.6) is 0 Å². The van der Waals surface area contributed by atoms with Crippen molar-refractivity contribution in [2.75, 3.05) is 0 Å². The highest BCUT2D eigenvalue weighted by molar-refractivity contribution is 6.15. The molecule has 0 saturated heterocycles. The lowest BCUT2D eigenvalue weighted by Gasteiger charge is -2.09. The number of rotatable bonds is 3. The van der Waals surface area contributed by atoms with E-state index in [0.29, 0.717) is 11.5 Å². The van der Waals surface area contributed by atoms with E-state index in [1.807, 2.05) is 37.5 Å². The molecule has 5 rings (SSSR count). The number of nitrogens with zero attached hydrogens (tertiary/aromatic N) is 2. The molecule has 0 aliphatic rings. The molecule has 0 fully saturated rings. The van der Waals surface area contributed by atoms with Gasteiger partial charge in [0, 0.05) is 22.9 Å². The summed E-state index contributed by atoms with van der Waals surface area (Å²) < 4.78 is 8.59. The van der Waals surface area contributed by atoms with E-state index in [4.69, 9.17) is 4.42 Å². The van der Waals surface area contributed by atoms with E-state index in [9.17, 15) is 5.26 Å². The SMILES string of the molecule is Cc1ccc2c(oc3cc(C#N)cc(-c4ccc(C(C)C)cc4)c32)c1-c1cccc[n+]1C. The molecule has 0 aliphatic heterocycles. The second-order valence-electron chi connectivity index (χ2n) is 8.72. The van der Waals surface area contributed by atoms with E-state index in [2.05, 4.69) is 73.9 Å². The summed E-state index contributed by atoms with van der Waals surface area (Å²) in [6.45, 7) is 6.50. The van der Waals surface area contributed by atoms with Gasteiger partial charge in [0.05, 0.1) is 17.2 Å². The fraction of sp³-hybridized carbons (Fsp3) is 0.172. The number of aryl methyl sites for hydroxylation is 2. The molecule has 0 unspecified atom stereocenters. The third-order valence-corrected chi connectivity index (χ3v) is 6.28. The number of pyridine rings is 1. The number of hydrogen-bond donors (Lipinski definition) is 0. The summed E-state index contributed by atoms with van der Waals surface area (Å²) >= 11 is 0. The Hall–Kier alpha value is -3.90. The normalized spacial score (nSPS) is 11.4. The van der Waals surface area contributed by atoms with E-state index in [0.717, 1.165) is 49.9 Å². The summed E-state index contributed by atoms with van der Waals surface area (Å²) in [7, 11) is 2.05. The van der Waals surface area contributed by atoms with E-state index >= 15 is 0 Å². The van der Waals surface area contributed by atoms with Gasteiger partial charge < -0.3 is 4.42 Å². The van der Waals surface area contributed by atoms with Crippen molar-refractivity contribution in [3.63, 3.8) is 0 Å². The van der Waals surface area contributed by atoms with Crippen molar-refractivity contribution in [2.24, 2.45) is 7.05 Å². The summed E-state index contributed by atoms with van der Waals surface area (Å²) in [6.07, 6.45) is 2.05. The van der Waals surface area contributed by atoms with E-state index in [-0.39, 0.29) is 0 Å². The van der Waals surface area contributed by atoms with E-state index in [1.54, 1.807) is 0 Å². The van der Waals surface area contributed by atoms with Gasteiger partial charge in [-0.25, -0.2) is 4.57 Å². The van der Waals surface area contributed by atoms with Crippen LogP contribution >= 0.6 is 0 Å². The number of furan rings is 1. The van der Waals surface area contributed by atoms with Gasteiger partial charge in [-0.1, -0.05) is 50.2 Å². The van der Waals surface area contributed by atoms with Gasteiger partial charge >= 0.3 is 0 Å². The number of fused-ring (bicyclic) bond motifs is 3. The Morgan fingerprint density at radius 1 is 0.969 bits per heavy atom. The van der Waals surface area contributed by atoms with Crippen molar-refractivity contribution >= 4 is 21.9 Å². The van der Waals surface area contributed by atoms with Crippen molar-refractivity contribution in [3.05, 3.63) is 89.6 Å². The quantitative estimate of drug-likeness (QED) is 0.295. The largest absolute Gasteiger partial charge is 0.455 e. The summed E-state index contributed by atoms with van der Waals surface area (Å²) in [5, 5.41) is 11.8. The summed E-state index contributed by atoms with van der Waals surface area (Å²) in [5.41, 5.74) is 8.95. The maximum atomic E-state index is 9.68. The second kappa shape index (κ2) is 7.66. The van der Waals surface area contributed by atoms with Crippen molar-refractivity contribution in [2.45, 2.75) is 26.7 Å². The van der Waals surface area contributed by atoms with Gasteiger partial charge in [0.15, 0.2) is 6.20 Å². The fourth-order valence-electron chi connectivity index (χ4n) is 4.51. The lowest BCUT2D eigenvalue weighted by molar-refractivity contribution is -0.660. The number of hydrogen-bond acceptors (Lipinski definition) is 2. The highest BCUT2D eigenvalue weighted by Gasteiger charge is 2.22. The van der Waals surface area contributed by atoms with Crippen molar-refractivity contribution in [3.8, 4) is 28.5 Å². The second-order valence-corrected chi connectivity index (χ2v) is 8.72. The molecule has 2 heterocycles. The van der Waals surface area contributed by atoms with E-state index in [1.165, 1.54) is 5.56 Å². The molecule has 3 nitrogen and oxygen atoms in total. The van der Waals surface area contributed by atoms with Crippen molar-refractivity contribution in [1.29, 1.82) is 5.26 Å². The number of nitriles is 1. The molecule has 0 bridgehead atoms. The predicted molar refractivity (Wildman–Crippen MR) is 129 cm³/mol. The zero-order valence-corrected chi connectivity index (χ0v) is 18.8. The Balaban J connectivity index is 1.86. The summed E-state index contributed by atoms with van der Waals surface area (Å²) in [4.78, 5) is 0. The van der Waals surface area contributed by atoms with Gasteiger partial charge in [-0.2, -0.15) is 5.26 Å². The maximum absolute atomic E-state index is 9.68. The fourth-order valence-corrected chi connectivity index (χ4v) is 4.51. The summed E-state index contributed by atoms with van der Waals surface area (Å²) in [5.74, 6) is 0.474. The van der Waals surface area contributed by atoms with Crippen LogP contribution in [0.25, 0.3) is 44.3 Å². The molecule has 0 aliphatic carbocycles. The van der Waals surface area contributed by atoms with Crippen LogP contribution in [-0.4, -0.2) is 0 Å². The van der Waals surface area contributed by atoms with Crippen LogP contribution in [0.4, 0.5) is 0 Å².